The first-order chi connectivity index (χ1) is 21.8. The van der Waals surface area contributed by atoms with Crippen molar-refractivity contribution >= 4 is 52.2 Å². The second-order valence-electron chi connectivity index (χ2n) is 9.98. The van der Waals surface area contributed by atoms with E-state index in [1.807, 2.05) is 0 Å². The lowest BCUT2D eigenvalue weighted by Gasteiger charge is -2.40. The molecule has 12 heteroatoms. The fraction of sp³-hybridized carbons (Fsp3) is 0.152. The van der Waals surface area contributed by atoms with E-state index in [1.165, 1.54) is 36.4 Å². The highest BCUT2D eigenvalue weighted by Gasteiger charge is 2.50. The summed E-state index contributed by atoms with van der Waals surface area (Å²) in [5, 5.41) is 0.262. The predicted octanol–water partition coefficient (Wildman–Crippen LogP) is 6.11. The van der Waals surface area contributed by atoms with Crippen LogP contribution in [0.1, 0.15) is 37.3 Å². The fourth-order valence-corrected chi connectivity index (χ4v) is 5.24. The van der Waals surface area contributed by atoms with Crippen molar-refractivity contribution in [1.82, 2.24) is 4.57 Å². The van der Waals surface area contributed by atoms with Crippen LogP contribution in [0.5, 0.6) is 0 Å². The van der Waals surface area contributed by atoms with E-state index in [0.29, 0.717) is 0 Å². The largest absolute Gasteiger partial charge is 0.452 e. The molecule has 0 spiro atoms. The first-order valence-electron chi connectivity index (χ1n) is 13.7. The van der Waals surface area contributed by atoms with Crippen molar-refractivity contribution in [2.75, 3.05) is 6.61 Å². The Balaban J connectivity index is 1.45. The summed E-state index contributed by atoms with van der Waals surface area (Å²) >= 11 is 12.4. The Morgan fingerprint density at radius 2 is 1.13 bits per heavy atom. The molecule has 0 radical (unpaired) electrons. The van der Waals surface area contributed by atoms with Gasteiger partial charge in [0.05, 0.1) is 38.9 Å². The third-order valence-corrected chi connectivity index (χ3v) is 7.81. The number of halogens is 2. The molecule has 4 atom stereocenters. The summed E-state index contributed by atoms with van der Waals surface area (Å²) in [5.41, 5.74) is 0.852. The zero-order valence-electron chi connectivity index (χ0n) is 23.2. The summed E-state index contributed by atoms with van der Waals surface area (Å²) in [6, 6.07) is 27.1. The number of oxazole rings is 1. The number of rotatable bonds is 7. The number of hydrogen-bond acceptors (Lipinski definition) is 9. The van der Waals surface area contributed by atoms with Gasteiger partial charge in [-0.2, -0.15) is 0 Å². The van der Waals surface area contributed by atoms with Gasteiger partial charge in [-0.25, -0.2) is 23.7 Å². The summed E-state index contributed by atoms with van der Waals surface area (Å²) in [6.07, 6.45) is -5.65. The molecule has 5 aromatic rings. The smallest absolute Gasteiger partial charge is 0.422 e. The number of carbonyl (C=O) groups excluding carboxylic acids is 3. The lowest BCUT2D eigenvalue weighted by atomic mass is 10.0. The van der Waals surface area contributed by atoms with E-state index in [9.17, 15) is 19.2 Å². The van der Waals surface area contributed by atoms with Gasteiger partial charge in [0.15, 0.2) is 30.1 Å². The van der Waals surface area contributed by atoms with Crippen LogP contribution in [0.25, 0.3) is 11.1 Å². The van der Waals surface area contributed by atoms with Gasteiger partial charge in [-0.15, -0.1) is 0 Å². The normalized spacial score (nSPS) is 19.5. The zero-order valence-corrected chi connectivity index (χ0v) is 24.7. The molecule has 4 aromatic carbocycles. The Labute approximate surface area is 265 Å². The Morgan fingerprint density at radius 1 is 0.667 bits per heavy atom. The molecule has 228 valence electrons. The van der Waals surface area contributed by atoms with E-state index in [0.717, 1.165) is 4.57 Å². The number of fused-ring (bicyclic) bond motifs is 1. The Kier molecular flexibility index (Phi) is 8.70. The molecule has 1 aliphatic heterocycles. The molecule has 0 saturated carbocycles. The highest BCUT2D eigenvalue weighted by atomic mass is 35.5. The van der Waals surface area contributed by atoms with Gasteiger partial charge in [0.1, 0.15) is 0 Å². The third kappa shape index (κ3) is 6.34. The van der Waals surface area contributed by atoms with Gasteiger partial charge < -0.3 is 23.4 Å². The van der Waals surface area contributed by atoms with Gasteiger partial charge in [-0.3, -0.25) is 0 Å². The monoisotopic (exact) mass is 647 g/mol. The molecule has 45 heavy (non-hydrogen) atoms. The SMILES string of the molecule is O=C(O[C@@H]1[C@H](OC(=O)c2ccccc2)[C@H](OC(=O)c2ccccc2)CO[C@H]1n1c(=O)oc2cc(Cl)c(Cl)cc21)c1ccccc1. The van der Waals surface area contributed by atoms with Crippen molar-refractivity contribution in [3.63, 3.8) is 0 Å². The summed E-state index contributed by atoms with van der Waals surface area (Å²) in [5.74, 6) is -3.22. The zero-order chi connectivity index (χ0) is 31.5. The van der Waals surface area contributed by atoms with Crippen molar-refractivity contribution in [3.8, 4) is 0 Å². The van der Waals surface area contributed by atoms with Crippen molar-refractivity contribution < 1.29 is 37.7 Å². The number of aromatic nitrogens is 1. The first kappa shape index (κ1) is 30.1. The Morgan fingerprint density at radius 3 is 1.67 bits per heavy atom. The van der Waals surface area contributed by atoms with Gasteiger partial charge in [-0.1, -0.05) is 77.8 Å². The molecule has 1 fully saturated rings. The lowest BCUT2D eigenvalue weighted by molar-refractivity contribution is -0.212. The molecular formula is C33H23Cl2NO9. The molecule has 0 bridgehead atoms. The molecule has 1 saturated heterocycles. The van der Waals surface area contributed by atoms with Gasteiger partial charge >= 0.3 is 23.7 Å². The topological polar surface area (TPSA) is 123 Å². The number of hydrogen-bond donors (Lipinski definition) is 0. The standard InChI is InChI=1S/C33H23Cl2NO9/c34-22-16-24-25(17-23(22)35)43-33(40)36(24)29-28(45-32(39)21-14-8-3-9-15-21)27(44-31(38)20-12-6-2-7-13-20)26(18-41-29)42-30(37)19-10-4-1-5-11-19/h1-17,26-29H,18H2/t26-,27-,28-,29-/m1/s1. The van der Waals surface area contributed by atoms with Gasteiger partial charge in [0.2, 0.25) is 0 Å². The molecule has 6 rings (SSSR count). The molecule has 1 aliphatic rings. The maximum Gasteiger partial charge on any atom is 0.422 e. The summed E-state index contributed by atoms with van der Waals surface area (Å²) < 4.78 is 30.2. The van der Waals surface area contributed by atoms with Gasteiger partial charge in [0, 0.05) is 6.07 Å². The quantitative estimate of drug-likeness (QED) is 0.152. The highest BCUT2D eigenvalue weighted by molar-refractivity contribution is 6.42. The van der Waals surface area contributed by atoms with Crippen LogP contribution >= 0.6 is 23.2 Å². The van der Waals surface area contributed by atoms with Crippen molar-refractivity contribution in [2.24, 2.45) is 0 Å². The van der Waals surface area contributed by atoms with Gasteiger partial charge in [-0.05, 0) is 42.5 Å². The van der Waals surface area contributed by atoms with Crippen LogP contribution in [0.2, 0.25) is 10.0 Å². The number of nitrogens with zero attached hydrogens (tertiary/aromatic N) is 1. The molecule has 0 unspecified atom stereocenters. The lowest BCUT2D eigenvalue weighted by Crippen LogP contribution is -2.56. The summed E-state index contributed by atoms with van der Waals surface area (Å²) in [6.45, 7) is -0.351. The molecule has 0 amide bonds. The van der Waals surface area contributed by atoms with Crippen LogP contribution in [0, 0.1) is 0 Å². The number of esters is 3. The fourth-order valence-electron chi connectivity index (χ4n) is 4.93. The van der Waals surface area contributed by atoms with Crippen LogP contribution in [0.4, 0.5) is 0 Å². The van der Waals surface area contributed by atoms with E-state index >= 15 is 0 Å². The minimum absolute atomic E-state index is 0.0848. The van der Waals surface area contributed by atoms with Crippen molar-refractivity contribution in [3.05, 3.63) is 140 Å². The van der Waals surface area contributed by atoms with Crippen LogP contribution < -0.4 is 5.76 Å². The van der Waals surface area contributed by atoms with E-state index in [2.05, 4.69) is 0 Å². The summed E-state index contributed by atoms with van der Waals surface area (Å²) in [4.78, 5) is 53.3. The van der Waals surface area contributed by atoms with Crippen molar-refractivity contribution in [2.45, 2.75) is 24.5 Å². The maximum absolute atomic E-state index is 13.5. The first-order valence-corrected chi connectivity index (χ1v) is 14.5. The maximum atomic E-state index is 13.5. The average molecular weight is 648 g/mol. The Bertz CT molecular complexity index is 1910. The molecule has 0 N–H and O–H groups in total. The minimum Gasteiger partial charge on any atom is -0.452 e. The Hall–Kier alpha value is -4.90. The second-order valence-corrected chi connectivity index (χ2v) is 10.8. The number of carbonyl (C=O) groups is 3. The minimum atomic E-state index is -1.53. The second kappa shape index (κ2) is 13.0. The van der Waals surface area contributed by atoms with E-state index in [1.54, 1.807) is 66.7 Å². The van der Waals surface area contributed by atoms with Crippen LogP contribution in [-0.4, -0.2) is 47.4 Å². The van der Waals surface area contributed by atoms with Gasteiger partial charge in [0.25, 0.3) is 0 Å². The molecule has 1 aromatic heterocycles. The van der Waals surface area contributed by atoms with Crippen LogP contribution in [0.15, 0.2) is 112 Å². The summed E-state index contributed by atoms with van der Waals surface area (Å²) in [7, 11) is 0. The molecule has 10 nitrogen and oxygen atoms in total. The van der Waals surface area contributed by atoms with Crippen LogP contribution in [-0.2, 0) is 18.9 Å². The molecule has 0 aliphatic carbocycles. The average Bonchev–Trinajstić information content (AvgIpc) is 3.37. The van der Waals surface area contributed by atoms with E-state index in [4.69, 9.17) is 46.6 Å². The highest BCUT2D eigenvalue weighted by Crippen LogP contribution is 2.35. The number of ether oxygens (including phenoxy) is 4. The van der Waals surface area contributed by atoms with E-state index in [-0.39, 0.29) is 44.4 Å². The third-order valence-electron chi connectivity index (χ3n) is 7.09. The molecule has 2 heterocycles. The predicted molar refractivity (Wildman–Crippen MR) is 162 cm³/mol. The van der Waals surface area contributed by atoms with Crippen molar-refractivity contribution in [1.29, 1.82) is 0 Å². The molecular weight excluding hydrogens is 625 g/mol. The van der Waals surface area contributed by atoms with Crippen LogP contribution in [0.3, 0.4) is 0 Å². The number of benzene rings is 4. The van der Waals surface area contributed by atoms with E-state index < -0.39 is 48.2 Å².